The average Bonchev–Trinajstić information content (AvgIpc) is 2.40. The van der Waals surface area contributed by atoms with Crippen molar-refractivity contribution < 1.29 is 4.74 Å². The smallest absolute Gasteiger partial charge is 0.0995 e. The lowest BCUT2D eigenvalue weighted by Gasteiger charge is -2.26. The summed E-state index contributed by atoms with van der Waals surface area (Å²) in [6.07, 6.45) is 5.47. The van der Waals surface area contributed by atoms with E-state index in [2.05, 4.69) is 16.0 Å². The second-order valence-electron chi connectivity index (χ2n) is 4.20. The summed E-state index contributed by atoms with van der Waals surface area (Å²) in [5.74, 6) is 0. The molecule has 0 atom stereocenters. The van der Waals surface area contributed by atoms with Crippen molar-refractivity contribution in [2.45, 2.75) is 12.8 Å². The first-order valence-corrected chi connectivity index (χ1v) is 6.03. The van der Waals surface area contributed by atoms with Gasteiger partial charge >= 0.3 is 0 Å². The van der Waals surface area contributed by atoms with Gasteiger partial charge in [0.2, 0.25) is 0 Å². The Labute approximate surface area is 102 Å². The zero-order valence-electron chi connectivity index (χ0n) is 9.93. The lowest BCUT2D eigenvalue weighted by Crippen LogP contribution is -2.36. The molecule has 4 nitrogen and oxygen atoms in total. The molecular weight excluding hydrogens is 214 g/mol. The van der Waals surface area contributed by atoms with Crippen molar-refractivity contribution in [3.63, 3.8) is 0 Å². The van der Waals surface area contributed by atoms with E-state index in [4.69, 9.17) is 10.00 Å². The first-order chi connectivity index (χ1) is 8.40. The van der Waals surface area contributed by atoms with Crippen LogP contribution < -0.4 is 0 Å². The van der Waals surface area contributed by atoms with Gasteiger partial charge in [-0.25, -0.2) is 0 Å². The Morgan fingerprint density at radius 3 is 3.00 bits per heavy atom. The summed E-state index contributed by atoms with van der Waals surface area (Å²) in [7, 11) is 0. The molecule has 1 aliphatic rings. The normalized spacial score (nSPS) is 16.6. The maximum Gasteiger partial charge on any atom is 0.0995 e. The minimum absolute atomic E-state index is 0.752. The largest absolute Gasteiger partial charge is 0.379 e. The molecular formula is C13H17N3O. The molecule has 0 amide bonds. The third-order valence-corrected chi connectivity index (χ3v) is 3.05. The number of nitriles is 1. The molecule has 0 radical (unpaired) electrons. The van der Waals surface area contributed by atoms with Crippen LogP contribution in [0.5, 0.6) is 0 Å². The van der Waals surface area contributed by atoms with Crippen molar-refractivity contribution in [1.82, 2.24) is 9.88 Å². The second kappa shape index (κ2) is 6.33. The van der Waals surface area contributed by atoms with E-state index < -0.39 is 0 Å². The molecule has 2 heterocycles. The lowest BCUT2D eigenvalue weighted by atomic mass is 10.1. The zero-order valence-corrected chi connectivity index (χ0v) is 9.93. The van der Waals surface area contributed by atoms with Crippen molar-refractivity contribution >= 4 is 0 Å². The molecule has 1 aromatic rings. The van der Waals surface area contributed by atoms with E-state index in [9.17, 15) is 0 Å². The summed E-state index contributed by atoms with van der Waals surface area (Å²) in [5, 5.41) is 8.96. The van der Waals surface area contributed by atoms with Gasteiger partial charge in [0.1, 0.15) is 0 Å². The number of nitrogens with zero attached hydrogens (tertiary/aromatic N) is 3. The Morgan fingerprint density at radius 2 is 2.24 bits per heavy atom. The predicted molar refractivity (Wildman–Crippen MR) is 64.5 cm³/mol. The molecule has 0 unspecified atom stereocenters. The molecule has 90 valence electrons. The molecule has 0 aliphatic carbocycles. The van der Waals surface area contributed by atoms with Crippen LogP contribution in [0.2, 0.25) is 0 Å². The van der Waals surface area contributed by atoms with Crippen LogP contribution in [0.4, 0.5) is 0 Å². The number of pyridine rings is 1. The van der Waals surface area contributed by atoms with Gasteiger partial charge in [0, 0.05) is 25.5 Å². The maximum atomic E-state index is 8.96. The van der Waals surface area contributed by atoms with Crippen LogP contribution in [-0.4, -0.2) is 42.7 Å². The number of aromatic nitrogens is 1. The molecule has 0 bridgehead atoms. The summed E-state index contributed by atoms with van der Waals surface area (Å²) in [6.45, 7) is 4.81. The molecule has 0 aromatic carbocycles. The fourth-order valence-corrected chi connectivity index (χ4v) is 2.05. The average molecular weight is 231 g/mol. The van der Waals surface area contributed by atoms with Crippen molar-refractivity contribution in [1.29, 1.82) is 5.26 Å². The van der Waals surface area contributed by atoms with Crippen molar-refractivity contribution in [2.24, 2.45) is 0 Å². The van der Waals surface area contributed by atoms with Gasteiger partial charge in [-0.2, -0.15) is 5.26 Å². The molecule has 0 N–H and O–H groups in total. The zero-order chi connectivity index (χ0) is 11.9. The number of hydrogen-bond acceptors (Lipinski definition) is 4. The van der Waals surface area contributed by atoms with E-state index >= 15 is 0 Å². The number of aryl methyl sites for hydroxylation is 1. The van der Waals surface area contributed by atoms with Crippen molar-refractivity contribution in [3.05, 3.63) is 29.6 Å². The van der Waals surface area contributed by atoms with Crippen LogP contribution in [0.3, 0.4) is 0 Å². The molecule has 1 aromatic heterocycles. The van der Waals surface area contributed by atoms with Gasteiger partial charge in [-0.05, 0) is 31.0 Å². The van der Waals surface area contributed by atoms with Gasteiger partial charge in [0.05, 0.1) is 24.8 Å². The third-order valence-electron chi connectivity index (χ3n) is 3.05. The van der Waals surface area contributed by atoms with Gasteiger partial charge in [0.15, 0.2) is 0 Å². The minimum atomic E-state index is 0.752. The fraction of sp³-hybridized carbons (Fsp3) is 0.538. The quantitative estimate of drug-likeness (QED) is 0.781. The SMILES string of the molecule is N#Cc1ccncc1CCCN1CCOCC1. The van der Waals surface area contributed by atoms with Gasteiger partial charge in [-0.3, -0.25) is 9.88 Å². The van der Waals surface area contributed by atoms with Crippen LogP contribution in [0.15, 0.2) is 18.5 Å². The molecule has 17 heavy (non-hydrogen) atoms. The monoisotopic (exact) mass is 231 g/mol. The summed E-state index contributed by atoms with van der Waals surface area (Å²) in [6, 6.07) is 3.99. The molecule has 1 fully saturated rings. The molecule has 1 saturated heterocycles. The highest BCUT2D eigenvalue weighted by molar-refractivity contribution is 5.34. The predicted octanol–water partition coefficient (Wildman–Crippen LogP) is 1.22. The standard InChI is InChI=1S/C13H17N3O/c14-10-12-3-4-15-11-13(12)2-1-5-16-6-8-17-9-7-16/h3-4,11H,1-2,5-9H2. The van der Waals surface area contributed by atoms with Crippen LogP contribution >= 0.6 is 0 Å². The van der Waals surface area contributed by atoms with E-state index in [0.717, 1.165) is 56.8 Å². The molecule has 1 aliphatic heterocycles. The van der Waals surface area contributed by atoms with E-state index in [1.807, 2.05) is 0 Å². The van der Waals surface area contributed by atoms with E-state index in [0.29, 0.717) is 0 Å². The Hall–Kier alpha value is -1.44. The van der Waals surface area contributed by atoms with Crippen LogP contribution in [0.1, 0.15) is 17.5 Å². The first-order valence-electron chi connectivity index (χ1n) is 6.03. The summed E-state index contributed by atoms with van der Waals surface area (Å²) >= 11 is 0. The van der Waals surface area contributed by atoms with Crippen molar-refractivity contribution in [3.8, 4) is 6.07 Å². The summed E-state index contributed by atoms with van der Waals surface area (Å²) < 4.78 is 5.31. The fourth-order valence-electron chi connectivity index (χ4n) is 2.05. The maximum absolute atomic E-state index is 8.96. The highest BCUT2D eigenvalue weighted by Gasteiger charge is 2.10. The Bertz CT molecular complexity index is 394. The Kier molecular flexibility index (Phi) is 4.48. The Morgan fingerprint density at radius 1 is 1.41 bits per heavy atom. The Balaban J connectivity index is 1.79. The highest BCUT2D eigenvalue weighted by Crippen LogP contribution is 2.09. The topological polar surface area (TPSA) is 49.2 Å². The summed E-state index contributed by atoms with van der Waals surface area (Å²) in [5.41, 5.74) is 1.81. The second-order valence-corrected chi connectivity index (χ2v) is 4.20. The van der Waals surface area contributed by atoms with E-state index in [1.165, 1.54) is 0 Å². The highest BCUT2D eigenvalue weighted by atomic mass is 16.5. The van der Waals surface area contributed by atoms with E-state index in [1.54, 1.807) is 18.5 Å². The van der Waals surface area contributed by atoms with Gasteiger partial charge in [-0.1, -0.05) is 0 Å². The number of hydrogen-bond donors (Lipinski definition) is 0. The number of morpholine rings is 1. The first kappa shape index (κ1) is 12.0. The molecule has 2 rings (SSSR count). The minimum Gasteiger partial charge on any atom is -0.379 e. The third kappa shape index (κ3) is 3.52. The van der Waals surface area contributed by atoms with E-state index in [-0.39, 0.29) is 0 Å². The lowest BCUT2D eigenvalue weighted by molar-refractivity contribution is 0.0374. The molecule has 0 saturated carbocycles. The number of ether oxygens (including phenoxy) is 1. The number of rotatable bonds is 4. The van der Waals surface area contributed by atoms with Gasteiger partial charge in [-0.15, -0.1) is 0 Å². The van der Waals surface area contributed by atoms with Gasteiger partial charge in [0.25, 0.3) is 0 Å². The summed E-state index contributed by atoms with van der Waals surface area (Å²) in [4.78, 5) is 6.48. The van der Waals surface area contributed by atoms with Crippen molar-refractivity contribution in [2.75, 3.05) is 32.8 Å². The van der Waals surface area contributed by atoms with Crippen LogP contribution in [0, 0.1) is 11.3 Å². The van der Waals surface area contributed by atoms with Crippen LogP contribution in [0.25, 0.3) is 0 Å². The molecule has 4 heteroatoms. The molecule has 0 spiro atoms. The van der Waals surface area contributed by atoms with Gasteiger partial charge < -0.3 is 4.74 Å². The van der Waals surface area contributed by atoms with Crippen LogP contribution in [-0.2, 0) is 11.2 Å².